The van der Waals surface area contributed by atoms with Crippen LogP contribution >= 0.6 is 12.4 Å². The maximum atomic E-state index is 12.9. The lowest BCUT2D eigenvalue weighted by atomic mass is 10.1. The van der Waals surface area contributed by atoms with E-state index in [1.165, 1.54) is 0 Å². The fraction of sp³-hybridized carbons (Fsp3) is 0.333. The van der Waals surface area contributed by atoms with Gasteiger partial charge in [0.2, 0.25) is 0 Å². The van der Waals surface area contributed by atoms with Gasteiger partial charge in [-0.1, -0.05) is 6.07 Å². The number of hydrogen-bond acceptors (Lipinski definition) is 1. The second-order valence-electron chi connectivity index (χ2n) is 2.68. The van der Waals surface area contributed by atoms with Crippen LogP contribution in [0, 0.1) is 18.6 Å². The molecular weight excluding hydrogens is 196 g/mol. The van der Waals surface area contributed by atoms with Gasteiger partial charge in [0.05, 0.1) is 0 Å². The van der Waals surface area contributed by atoms with Crippen molar-refractivity contribution in [2.45, 2.75) is 13.5 Å². The molecule has 1 nitrogen and oxygen atoms in total. The van der Waals surface area contributed by atoms with Gasteiger partial charge in [-0.3, -0.25) is 0 Å². The van der Waals surface area contributed by atoms with Gasteiger partial charge in [0.1, 0.15) is 0 Å². The molecule has 0 spiro atoms. The zero-order valence-corrected chi connectivity index (χ0v) is 8.34. The zero-order valence-electron chi connectivity index (χ0n) is 7.53. The summed E-state index contributed by atoms with van der Waals surface area (Å²) in [6.45, 7) is 2.13. The summed E-state index contributed by atoms with van der Waals surface area (Å²) in [5, 5.41) is 2.88. The minimum Gasteiger partial charge on any atom is -0.316 e. The molecule has 1 rings (SSSR count). The number of nitrogens with one attached hydrogen (secondary N) is 1. The van der Waals surface area contributed by atoms with Gasteiger partial charge in [-0.25, -0.2) is 8.78 Å². The van der Waals surface area contributed by atoms with E-state index in [0.717, 1.165) is 11.6 Å². The molecule has 0 atom stereocenters. The summed E-state index contributed by atoms with van der Waals surface area (Å²) in [5.41, 5.74) is 1.17. The van der Waals surface area contributed by atoms with Gasteiger partial charge in [-0.2, -0.15) is 0 Å². The average Bonchev–Trinajstić information content (AvgIpc) is 2.07. The zero-order chi connectivity index (χ0) is 9.14. The molecule has 4 heteroatoms. The molecule has 0 fully saturated rings. The Morgan fingerprint density at radius 2 is 1.92 bits per heavy atom. The van der Waals surface area contributed by atoms with Crippen molar-refractivity contribution in [1.29, 1.82) is 0 Å². The summed E-state index contributed by atoms with van der Waals surface area (Å²) in [7, 11) is 1.76. The summed E-state index contributed by atoms with van der Waals surface area (Å²) in [4.78, 5) is 0. The van der Waals surface area contributed by atoms with Crippen molar-refractivity contribution < 1.29 is 8.78 Å². The van der Waals surface area contributed by atoms with Crippen LogP contribution in [0.15, 0.2) is 12.1 Å². The topological polar surface area (TPSA) is 12.0 Å². The first-order valence-corrected chi connectivity index (χ1v) is 3.75. The molecule has 0 amide bonds. The van der Waals surface area contributed by atoms with E-state index in [1.807, 2.05) is 0 Å². The summed E-state index contributed by atoms with van der Waals surface area (Å²) in [6, 6.07) is 2.74. The van der Waals surface area contributed by atoms with Gasteiger partial charge in [0, 0.05) is 6.54 Å². The van der Waals surface area contributed by atoms with Crippen LogP contribution in [0.5, 0.6) is 0 Å². The standard InChI is InChI=1S/C9H11F2N.ClH/c1-6-7(5-12-2)3-4-8(10)9(6)11;/h3-4,12H,5H2,1-2H3;1H. The third-order valence-electron chi connectivity index (χ3n) is 1.82. The van der Waals surface area contributed by atoms with Gasteiger partial charge in [-0.15, -0.1) is 12.4 Å². The molecule has 0 aliphatic carbocycles. The van der Waals surface area contributed by atoms with Crippen LogP contribution in [-0.2, 0) is 6.54 Å². The molecule has 0 aliphatic rings. The lowest BCUT2D eigenvalue weighted by Gasteiger charge is -2.05. The van der Waals surface area contributed by atoms with Crippen molar-refractivity contribution in [3.05, 3.63) is 34.9 Å². The third kappa shape index (κ3) is 2.64. The van der Waals surface area contributed by atoms with Gasteiger partial charge in [-0.05, 0) is 31.2 Å². The molecule has 0 unspecified atom stereocenters. The van der Waals surface area contributed by atoms with Crippen LogP contribution in [0.2, 0.25) is 0 Å². The molecule has 0 saturated heterocycles. The number of halogens is 3. The minimum absolute atomic E-state index is 0. The molecule has 13 heavy (non-hydrogen) atoms. The predicted octanol–water partition coefficient (Wildman–Crippen LogP) is 2.41. The van der Waals surface area contributed by atoms with Crippen LogP contribution in [-0.4, -0.2) is 7.05 Å². The van der Waals surface area contributed by atoms with Crippen LogP contribution in [0.1, 0.15) is 11.1 Å². The van der Waals surface area contributed by atoms with Crippen molar-refractivity contribution >= 4 is 12.4 Å². The molecule has 0 aliphatic heterocycles. The quantitative estimate of drug-likeness (QED) is 0.786. The highest BCUT2D eigenvalue weighted by atomic mass is 35.5. The van der Waals surface area contributed by atoms with E-state index >= 15 is 0 Å². The van der Waals surface area contributed by atoms with Gasteiger partial charge in [0.15, 0.2) is 11.6 Å². The Hall–Kier alpha value is -0.670. The molecule has 0 bridgehead atoms. The Morgan fingerprint density at radius 1 is 1.31 bits per heavy atom. The molecule has 0 radical (unpaired) electrons. The van der Waals surface area contributed by atoms with Gasteiger partial charge in [0.25, 0.3) is 0 Å². The second kappa shape index (κ2) is 5.14. The summed E-state index contributed by atoms with van der Waals surface area (Å²) >= 11 is 0. The third-order valence-corrected chi connectivity index (χ3v) is 1.82. The first kappa shape index (κ1) is 12.3. The Bertz CT molecular complexity index is 289. The lowest BCUT2D eigenvalue weighted by molar-refractivity contribution is 0.500. The summed E-state index contributed by atoms with van der Waals surface area (Å²) in [5.74, 6) is -1.53. The monoisotopic (exact) mass is 207 g/mol. The first-order chi connectivity index (χ1) is 5.66. The van der Waals surface area contributed by atoms with E-state index < -0.39 is 11.6 Å². The van der Waals surface area contributed by atoms with E-state index in [-0.39, 0.29) is 12.4 Å². The van der Waals surface area contributed by atoms with E-state index in [2.05, 4.69) is 5.32 Å². The van der Waals surface area contributed by atoms with Crippen molar-refractivity contribution in [2.75, 3.05) is 7.05 Å². The van der Waals surface area contributed by atoms with Crippen molar-refractivity contribution in [3.63, 3.8) is 0 Å². The first-order valence-electron chi connectivity index (χ1n) is 3.75. The molecule has 1 aromatic rings. The minimum atomic E-state index is -0.785. The fourth-order valence-corrected chi connectivity index (χ4v) is 1.07. The van der Waals surface area contributed by atoms with Crippen molar-refractivity contribution in [2.24, 2.45) is 0 Å². The Kier molecular flexibility index (Phi) is 4.88. The smallest absolute Gasteiger partial charge is 0.162 e. The van der Waals surface area contributed by atoms with Gasteiger partial charge < -0.3 is 5.32 Å². The maximum Gasteiger partial charge on any atom is 0.162 e. The van der Waals surface area contributed by atoms with Crippen molar-refractivity contribution in [1.82, 2.24) is 5.32 Å². The highest BCUT2D eigenvalue weighted by Gasteiger charge is 2.07. The van der Waals surface area contributed by atoms with E-state index in [4.69, 9.17) is 0 Å². The van der Waals surface area contributed by atoms with E-state index in [0.29, 0.717) is 12.1 Å². The Balaban J connectivity index is 0.00000144. The molecule has 0 aromatic heterocycles. The van der Waals surface area contributed by atoms with Gasteiger partial charge >= 0.3 is 0 Å². The largest absolute Gasteiger partial charge is 0.316 e. The highest BCUT2D eigenvalue weighted by molar-refractivity contribution is 5.85. The van der Waals surface area contributed by atoms with Crippen LogP contribution < -0.4 is 5.32 Å². The summed E-state index contributed by atoms with van der Waals surface area (Å²) in [6.07, 6.45) is 0. The number of hydrogen-bond donors (Lipinski definition) is 1. The summed E-state index contributed by atoms with van der Waals surface area (Å²) < 4.78 is 25.5. The molecular formula is C9H12ClF2N. The number of rotatable bonds is 2. The van der Waals surface area contributed by atoms with E-state index in [9.17, 15) is 8.78 Å². The SMILES string of the molecule is CNCc1ccc(F)c(F)c1C.Cl. The highest BCUT2D eigenvalue weighted by Crippen LogP contribution is 2.15. The maximum absolute atomic E-state index is 12.9. The lowest BCUT2D eigenvalue weighted by Crippen LogP contribution is -2.08. The Morgan fingerprint density at radius 3 is 2.46 bits per heavy atom. The second-order valence-corrected chi connectivity index (χ2v) is 2.68. The van der Waals surface area contributed by atoms with Crippen LogP contribution in [0.4, 0.5) is 8.78 Å². The average molecular weight is 208 g/mol. The fourth-order valence-electron chi connectivity index (χ4n) is 1.07. The molecule has 0 heterocycles. The van der Waals surface area contributed by atoms with Crippen LogP contribution in [0.3, 0.4) is 0 Å². The number of benzene rings is 1. The molecule has 1 N–H and O–H groups in total. The van der Waals surface area contributed by atoms with Crippen LogP contribution in [0.25, 0.3) is 0 Å². The predicted molar refractivity (Wildman–Crippen MR) is 51.1 cm³/mol. The molecule has 0 saturated carbocycles. The normalized spacial score (nSPS) is 9.54. The van der Waals surface area contributed by atoms with E-state index in [1.54, 1.807) is 20.0 Å². The Labute approximate surface area is 82.6 Å². The molecule has 74 valence electrons. The van der Waals surface area contributed by atoms with Crippen molar-refractivity contribution in [3.8, 4) is 0 Å². The molecule has 1 aromatic carbocycles.